The second kappa shape index (κ2) is 10.4. The van der Waals surface area contributed by atoms with E-state index < -0.39 is 5.82 Å². The Morgan fingerprint density at radius 1 is 0.886 bits per heavy atom. The maximum Gasteiger partial charge on any atom is 0.181 e. The molecule has 3 heterocycles. The molecule has 0 radical (unpaired) electrons. The number of fused-ring (bicyclic) bond motifs is 1. The highest BCUT2D eigenvalue weighted by atomic mass is 19.1. The van der Waals surface area contributed by atoms with Gasteiger partial charge in [-0.3, -0.25) is 19.8 Å². The fourth-order valence-corrected chi connectivity index (χ4v) is 4.20. The van der Waals surface area contributed by atoms with Gasteiger partial charge in [0.25, 0.3) is 0 Å². The molecule has 0 spiro atoms. The number of para-hydroxylation sites is 1. The molecule has 5 nitrogen and oxygen atoms in total. The van der Waals surface area contributed by atoms with Crippen molar-refractivity contribution >= 4 is 11.5 Å². The molecule has 6 heteroatoms. The number of benzene rings is 2. The molecule has 0 amide bonds. The average molecular weight is 466 g/mol. The zero-order valence-electron chi connectivity index (χ0n) is 19.2. The number of ketones is 1. The molecule has 0 bridgehead atoms. The van der Waals surface area contributed by atoms with Crippen LogP contribution in [0.2, 0.25) is 0 Å². The first kappa shape index (κ1) is 22.6. The normalized spacial score (nSPS) is 12.9. The highest BCUT2D eigenvalue weighted by Gasteiger charge is 2.20. The summed E-state index contributed by atoms with van der Waals surface area (Å²) >= 11 is 0. The van der Waals surface area contributed by atoms with Crippen LogP contribution in [0.4, 0.5) is 4.39 Å². The molecule has 2 aromatic heterocycles. The number of carbonyl (C=O) groups is 1. The summed E-state index contributed by atoms with van der Waals surface area (Å²) in [5.74, 6) is 0.928. The van der Waals surface area contributed by atoms with Crippen molar-refractivity contribution in [3.8, 4) is 22.6 Å². The Morgan fingerprint density at radius 3 is 2.60 bits per heavy atom. The molecule has 174 valence electrons. The average Bonchev–Trinajstić information content (AvgIpc) is 3.10. The Hall–Kier alpha value is -4.19. The summed E-state index contributed by atoms with van der Waals surface area (Å²) in [7, 11) is 0. The van der Waals surface area contributed by atoms with Gasteiger partial charge in [-0.05, 0) is 66.3 Å². The fraction of sp³-hybridized carbons (Fsp3) is 0.172. The molecule has 0 N–H and O–H groups in total. The van der Waals surface area contributed by atoms with Crippen LogP contribution in [0.5, 0.6) is 11.5 Å². The van der Waals surface area contributed by atoms with Crippen LogP contribution in [-0.2, 0) is 17.6 Å². The first-order chi connectivity index (χ1) is 17.2. The molecule has 35 heavy (non-hydrogen) atoms. The number of pyridine rings is 2. The topological polar surface area (TPSA) is 64.4 Å². The van der Waals surface area contributed by atoms with Crippen molar-refractivity contribution in [2.45, 2.75) is 25.7 Å². The number of aromatic nitrogens is 2. The summed E-state index contributed by atoms with van der Waals surface area (Å²) in [6, 6.07) is 19.0. The molecule has 0 unspecified atom stereocenters. The van der Waals surface area contributed by atoms with E-state index in [0.29, 0.717) is 30.0 Å². The molecule has 4 aromatic rings. The van der Waals surface area contributed by atoms with Gasteiger partial charge < -0.3 is 4.74 Å². The molecule has 0 aliphatic carbocycles. The quantitative estimate of drug-likeness (QED) is 0.335. The number of aryl methyl sites for hydroxylation is 2. The number of rotatable bonds is 7. The summed E-state index contributed by atoms with van der Waals surface area (Å²) in [5, 5.41) is 0. The zero-order valence-corrected chi connectivity index (χ0v) is 19.2. The summed E-state index contributed by atoms with van der Waals surface area (Å²) < 4.78 is 19.4. The number of carbonyl (C=O) groups excluding carboxylic acids is 1. The van der Waals surface area contributed by atoms with E-state index in [2.05, 4.69) is 21.0 Å². The zero-order chi connectivity index (χ0) is 24.0. The second-order valence-corrected chi connectivity index (χ2v) is 8.46. The molecular formula is C29H24FN3O2. The highest BCUT2D eigenvalue weighted by Crippen LogP contribution is 2.29. The largest absolute Gasteiger partial charge is 0.456 e. The minimum atomic E-state index is -0.399. The predicted molar refractivity (Wildman–Crippen MR) is 133 cm³/mol. The van der Waals surface area contributed by atoms with Gasteiger partial charge in [0.15, 0.2) is 5.78 Å². The first-order valence-corrected chi connectivity index (χ1v) is 11.6. The van der Waals surface area contributed by atoms with Crippen molar-refractivity contribution < 1.29 is 13.9 Å². The number of ether oxygens (including phenoxy) is 1. The molecule has 1 aliphatic heterocycles. The third-order valence-electron chi connectivity index (χ3n) is 5.93. The number of halogens is 1. The van der Waals surface area contributed by atoms with Gasteiger partial charge in [0, 0.05) is 36.5 Å². The standard InChI is InChI=1S/C29H24FN3O2/c30-24-13-20(16-31-18-24)8-11-28(34)29-27-15-22(10-9-21(27)5-4-12-33-29)23-14-26(19-32-17-23)35-25-6-2-1-3-7-25/h1-3,6-7,9-10,13-19H,4-5,8,11-12H2. The maximum absolute atomic E-state index is 13.5. The Bertz CT molecular complexity index is 1390. The smallest absolute Gasteiger partial charge is 0.181 e. The van der Waals surface area contributed by atoms with E-state index in [1.807, 2.05) is 48.5 Å². The van der Waals surface area contributed by atoms with Crippen molar-refractivity contribution in [3.63, 3.8) is 0 Å². The van der Waals surface area contributed by atoms with Gasteiger partial charge in [0.1, 0.15) is 23.0 Å². The van der Waals surface area contributed by atoms with Gasteiger partial charge in [-0.1, -0.05) is 30.3 Å². The summed E-state index contributed by atoms with van der Waals surface area (Å²) in [4.78, 5) is 26.1. The summed E-state index contributed by atoms with van der Waals surface area (Å²) in [5.41, 5.74) is 4.98. The molecule has 0 saturated carbocycles. The molecule has 1 aliphatic rings. The molecule has 0 atom stereocenters. The summed E-state index contributed by atoms with van der Waals surface area (Å²) in [6.45, 7) is 0.606. The third kappa shape index (κ3) is 5.49. The Kier molecular flexibility index (Phi) is 6.70. The maximum atomic E-state index is 13.5. The third-order valence-corrected chi connectivity index (χ3v) is 5.93. The van der Waals surface area contributed by atoms with E-state index in [1.165, 1.54) is 6.07 Å². The molecular weight excluding hydrogens is 441 g/mol. The number of aliphatic imine (C=N–C) groups is 1. The number of hydrogen-bond acceptors (Lipinski definition) is 5. The van der Waals surface area contributed by atoms with Crippen LogP contribution in [0.15, 0.2) is 90.4 Å². The first-order valence-electron chi connectivity index (χ1n) is 11.6. The molecule has 0 fully saturated rings. The Balaban J connectivity index is 1.40. The van der Waals surface area contributed by atoms with Crippen LogP contribution >= 0.6 is 0 Å². The SMILES string of the molecule is O=C(CCc1cncc(F)c1)C1=NCCCc2ccc(-c3cncc(Oc4ccccc4)c3)cc21. The van der Waals surface area contributed by atoms with Gasteiger partial charge in [-0.2, -0.15) is 0 Å². The predicted octanol–water partition coefficient (Wildman–Crippen LogP) is 6.01. The minimum Gasteiger partial charge on any atom is -0.456 e. The van der Waals surface area contributed by atoms with Crippen LogP contribution in [0, 0.1) is 5.82 Å². The number of nitrogens with zero attached hydrogens (tertiary/aromatic N) is 3. The molecule has 5 rings (SSSR count). The van der Waals surface area contributed by atoms with Crippen LogP contribution < -0.4 is 4.74 Å². The highest BCUT2D eigenvalue weighted by molar-refractivity contribution is 6.46. The van der Waals surface area contributed by atoms with E-state index in [9.17, 15) is 9.18 Å². The minimum absolute atomic E-state index is 0.0474. The fourth-order valence-electron chi connectivity index (χ4n) is 4.20. The number of Topliss-reactive ketones (excluding diaryl/α,β-unsaturated/α-hetero) is 1. The van der Waals surface area contributed by atoms with Crippen LogP contribution in [-0.4, -0.2) is 28.0 Å². The van der Waals surface area contributed by atoms with E-state index >= 15 is 0 Å². The Morgan fingerprint density at radius 2 is 1.74 bits per heavy atom. The molecule has 0 saturated heterocycles. The van der Waals surface area contributed by atoms with Gasteiger partial charge in [0.05, 0.1) is 12.4 Å². The van der Waals surface area contributed by atoms with Crippen molar-refractivity contribution in [3.05, 3.63) is 108 Å². The van der Waals surface area contributed by atoms with E-state index in [-0.39, 0.29) is 12.2 Å². The van der Waals surface area contributed by atoms with Crippen LogP contribution in [0.3, 0.4) is 0 Å². The summed E-state index contributed by atoms with van der Waals surface area (Å²) in [6.07, 6.45) is 8.62. The van der Waals surface area contributed by atoms with E-state index in [1.54, 1.807) is 18.6 Å². The lowest BCUT2D eigenvalue weighted by Crippen LogP contribution is -2.18. The van der Waals surface area contributed by atoms with Gasteiger partial charge in [0.2, 0.25) is 0 Å². The second-order valence-electron chi connectivity index (χ2n) is 8.46. The number of hydrogen-bond donors (Lipinski definition) is 0. The Labute approximate surface area is 203 Å². The monoisotopic (exact) mass is 465 g/mol. The lowest BCUT2D eigenvalue weighted by atomic mass is 9.92. The van der Waals surface area contributed by atoms with Gasteiger partial charge in [-0.15, -0.1) is 0 Å². The lowest BCUT2D eigenvalue weighted by Gasteiger charge is -2.12. The van der Waals surface area contributed by atoms with Crippen molar-refractivity contribution in [1.82, 2.24) is 9.97 Å². The van der Waals surface area contributed by atoms with E-state index in [0.717, 1.165) is 47.0 Å². The van der Waals surface area contributed by atoms with Crippen molar-refractivity contribution in [1.29, 1.82) is 0 Å². The van der Waals surface area contributed by atoms with Gasteiger partial charge in [-0.25, -0.2) is 4.39 Å². The molecule has 2 aromatic carbocycles. The lowest BCUT2D eigenvalue weighted by molar-refractivity contribution is -0.112. The van der Waals surface area contributed by atoms with E-state index in [4.69, 9.17) is 4.74 Å². The van der Waals surface area contributed by atoms with Gasteiger partial charge >= 0.3 is 0 Å². The van der Waals surface area contributed by atoms with Crippen LogP contribution in [0.25, 0.3) is 11.1 Å². The van der Waals surface area contributed by atoms with Crippen molar-refractivity contribution in [2.24, 2.45) is 4.99 Å². The van der Waals surface area contributed by atoms with Crippen molar-refractivity contribution in [2.75, 3.05) is 6.54 Å². The van der Waals surface area contributed by atoms with Crippen LogP contribution in [0.1, 0.15) is 29.5 Å².